The highest BCUT2D eigenvalue weighted by atomic mass is 35.5. The third kappa shape index (κ3) is 23.2. The minimum atomic E-state index is -3.43. The summed E-state index contributed by atoms with van der Waals surface area (Å²) in [6.07, 6.45) is 4.84. The Bertz CT molecular complexity index is 5910. The molecule has 0 bridgehead atoms. The number of nitrogens with zero attached hydrogens (tertiary/aromatic N) is 16. The molecule has 111 heavy (non-hydrogen) atoms. The number of azo groups is 4. The fourth-order valence-corrected chi connectivity index (χ4v) is 14.0. The summed E-state index contributed by atoms with van der Waals surface area (Å²) in [5.41, 5.74) is 9.82. The molecule has 0 fully saturated rings. The van der Waals surface area contributed by atoms with Gasteiger partial charge >= 0.3 is 0 Å². The fourth-order valence-electron chi connectivity index (χ4n) is 9.18. The topological polar surface area (TPSA) is 535 Å². The third-order valence-corrected chi connectivity index (χ3v) is 19.2. The van der Waals surface area contributed by atoms with Crippen LogP contribution in [0.25, 0.3) is 44.0 Å². The lowest BCUT2D eigenvalue weighted by atomic mass is 10.0. The van der Waals surface area contributed by atoms with Crippen molar-refractivity contribution in [3.63, 3.8) is 0 Å². The lowest BCUT2D eigenvalue weighted by Gasteiger charge is -2.12. The first-order valence-corrected chi connectivity index (χ1v) is 39.9. The van der Waals surface area contributed by atoms with Crippen molar-refractivity contribution < 1.29 is 65.3 Å². The number of thioether (sulfide) groups is 1. The van der Waals surface area contributed by atoms with Crippen molar-refractivity contribution in [2.45, 2.75) is 44.5 Å². The summed E-state index contributed by atoms with van der Waals surface area (Å²) in [7, 11) is -5.44. The largest absolute Gasteiger partial charge is 0.506 e. The molecule has 5 heterocycles. The zero-order valence-electron chi connectivity index (χ0n) is 58.6. The SMILES string of the molecule is CCC(=O)Nc1cc(N=Nc2snc3ccc(NS(C)(=O)=O)cc23)cc(Cl)c1O.CCSc1nnc(N=Nc2cc(C(N)=O)c(O)c3cccc(NC(C)=O)c23)s1.COC=Nc1cc(N=Nc2snc3ccc(NS(C)(=O)=O)cc23)cc(NC(C)=O)c1O.N#CC(N=Nc1nc(-c2ccccc2)ns1)C(=O)c1ccco1. The minimum Gasteiger partial charge on any atom is -0.506 e. The van der Waals surface area contributed by atoms with Crippen LogP contribution in [0, 0.1) is 11.3 Å². The van der Waals surface area contributed by atoms with Gasteiger partial charge in [-0.1, -0.05) is 91.0 Å². The number of methoxy groups -OCH3 is 1. The van der Waals surface area contributed by atoms with Crippen LogP contribution in [0.1, 0.15) is 55.0 Å². The summed E-state index contributed by atoms with van der Waals surface area (Å²) < 4.78 is 73.8. The van der Waals surface area contributed by atoms with Crippen molar-refractivity contribution in [1.29, 1.82) is 5.26 Å². The number of halogens is 1. The number of Topliss-reactive ketones (excluding diaryl/α,β-unsaturated/α-hetero) is 1. The van der Waals surface area contributed by atoms with Gasteiger partial charge in [0.1, 0.15) is 17.5 Å². The Balaban J connectivity index is 0.000000171. The van der Waals surface area contributed by atoms with Gasteiger partial charge in [0, 0.05) is 70.3 Å². The second-order valence-corrected chi connectivity index (χ2v) is 30.8. The maximum absolute atomic E-state index is 12.0. The molecule has 570 valence electrons. The number of anilines is 5. The first kappa shape index (κ1) is 82.5. The molecule has 12 rings (SSSR count). The molecule has 4 amide bonds. The van der Waals surface area contributed by atoms with Gasteiger partial charge in [-0.3, -0.25) is 33.4 Å². The van der Waals surface area contributed by atoms with Gasteiger partial charge < -0.3 is 46.2 Å². The fraction of sp³-hybridized carbons (Fsp3) is 0.149. The molecule has 10 N–H and O–H groups in total. The van der Waals surface area contributed by atoms with Crippen LogP contribution in [0.5, 0.6) is 17.2 Å². The van der Waals surface area contributed by atoms with Crippen LogP contribution in [0.3, 0.4) is 0 Å². The molecule has 0 saturated heterocycles. The van der Waals surface area contributed by atoms with Crippen molar-refractivity contribution in [2.75, 3.05) is 50.8 Å². The van der Waals surface area contributed by atoms with E-state index in [1.165, 1.54) is 86.7 Å². The molecule has 0 aliphatic rings. The van der Waals surface area contributed by atoms with Crippen LogP contribution in [0.4, 0.5) is 71.5 Å². The first-order chi connectivity index (χ1) is 53.0. The maximum Gasteiger partial charge on any atom is 0.252 e. The van der Waals surface area contributed by atoms with Gasteiger partial charge in [-0.25, -0.2) is 21.8 Å². The number of nitrogens with two attached hydrogens (primary N) is 1. The Labute approximate surface area is 655 Å². The lowest BCUT2D eigenvalue weighted by molar-refractivity contribution is -0.116. The van der Waals surface area contributed by atoms with Gasteiger partial charge in [-0.15, -0.1) is 46.0 Å². The molecular formula is C67H59ClN22O14S7. The number of aromatic nitrogens is 6. The molecule has 0 aliphatic heterocycles. The number of carbonyl (C=O) groups excluding carboxylic acids is 5. The zero-order valence-corrected chi connectivity index (χ0v) is 65.0. The smallest absolute Gasteiger partial charge is 0.252 e. The summed E-state index contributed by atoms with van der Waals surface area (Å²) in [6.45, 7) is 6.35. The number of nitriles is 1. The number of hydrogen-bond donors (Lipinski definition) is 9. The molecular weight excluding hydrogens is 1600 g/mol. The van der Waals surface area contributed by atoms with Crippen LogP contribution in [0.15, 0.2) is 188 Å². The average molecular weight is 1660 g/mol. The van der Waals surface area contributed by atoms with Crippen LogP contribution in [-0.2, 0) is 39.2 Å². The van der Waals surface area contributed by atoms with Crippen molar-refractivity contribution in [3.05, 3.63) is 150 Å². The number of amides is 4. The molecule has 0 saturated carbocycles. The summed E-state index contributed by atoms with van der Waals surface area (Å²) in [6, 6.07) is 34.7. The number of fused-ring (bicyclic) bond motifs is 3. The van der Waals surface area contributed by atoms with Crippen LogP contribution in [-0.4, -0.2) is 128 Å². The quantitative estimate of drug-likeness (QED) is 0.00677. The Kier molecular flexibility index (Phi) is 28.2. The predicted octanol–water partition coefficient (Wildman–Crippen LogP) is 16.5. The maximum atomic E-state index is 12.0. The van der Waals surface area contributed by atoms with Gasteiger partial charge in [0.05, 0.1) is 81.6 Å². The number of nitrogens with one attached hydrogen (secondary N) is 5. The van der Waals surface area contributed by atoms with Gasteiger partial charge in [-0.2, -0.15) is 28.5 Å². The van der Waals surface area contributed by atoms with E-state index in [9.17, 15) is 56.1 Å². The van der Waals surface area contributed by atoms with Gasteiger partial charge in [0.25, 0.3) is 11.0 Å². The van der Waals surface area contributed by atoms with Crippen molar-refractivity contribution in [3.8, 4) is 34.7 Å². The number of carbonyl (C=O) groups is 5. The summed E-state index contributed by atoms with van der Waals surface area (Å²) in [5, 5.41) is 91.5. The molecule has 1 unspecified atom stereocenters. The number of ketones is 1. The molecule has 0 spiro atoms. The molecule has 1 atom stereocenters. The number of phenolic OH excluding ortho intramolecular Hbond substituents is 2. The van der Waals surface area contributed by atoms with Crippen molar-refractivity contribution >= 4 is 229 Å². The highest BCUT2D eigenvalue weighted by Crippen LogP contribution is 2.44. The number of benzene rings is 7. The standard InChI is InChI=1S/C18H18N6O5S2.C17H16ClN5O4S2.C17H16N6O3S2.C15H9N5O2S/c1-10(25)20-16-8-12(7-15(17(16)26)19-9-29-2)21-22-18-13-6-11(24-31(3,27)28)4-5-14(13)23-30-18;1-3-15(24)19-14-8-10(7-12(18)16(14)25)20-21-17-11-6-9(23-29(2,26)27)4-5-13(11)22-28-17;1-3-27-17-23-22-16(28-17)21-20-12-7-10(15(18)26)14(25)9-5-4-6-11(13(9)12)19-8(2)24;16-9-11(13(21)12-7-4-8-22-12)18-19-15-17-14(20-23-15)10-5-2-1-3-6-10/h4-9,24,26H,1-3H3,(H,20,25);4-8,23,25H,3H2,1-2H3,(H,19,24);4-7,25H,3H2,1-2H3,(H2,18,26)(H,19,24);1-8,11H. The Morgan fingerprint density at radius 2 is 1.29 bits per heavy atom. The molecule has 36 nitrogen and oxygen atoms in total. The normalized spacial score (nSPS) is 11.8. The Morgan fingerprint density at radius 3 is 1.86 bits per heavy atom. The van der Waals surface area contributed by atoms with Gasteiger partial charge in [-0.05, 0) is 114 Å². The Morgan fingerprint density at radius 1 is 0.667 bits per heavy atom. The lowest BCUT2D eigenvalue weighted by Crippen LogP contribution is -2.15. The molecule has 12 aromatic rings. The average Bonchev–Trinajstić information content (AvgIpc) is 1.64. The monoisotopic (exact) mass is 1650 g/mol. The minimum absolute atomic E-state index is 0.0154. The second kappa shape index (κ2) is 38.0. The molecule has 44 heteroatoms. The highest BCUT2D eigenvalue weighted by Gasteiger charge is 2.23. The summed E-state index contributed by atoms with van der Waals surface area (Å²) in [5.74, 6) is -1.66. The zero-order chi connectivity index (χ0) is 80.1. The first-order valence-electron chi connectivity index (χ1n) is 31.6. The number of furan rings is 1. The number of rotatable bonds is 24. The predicted molar refractivity (Wildman–Crippen MR) is 425 cm³/mol. The summed E-state index contributed by atoms with van der Waals surface area (Å²) in [4.78, 5) is 66.5. The summed E-state index contributed by atoms with van der Waals surface area (Å²) >= 11 is 12.0. The molecule has 7 aromatic carbocycles. The number of aromatic hydroxyl groups is 3. The van der Waals surface area contributed by atoms with E-state index in [-0.39, 0.29) is 85.6 Å². The third-order valence-electron chi connectivity index (χ3n) is 13.8. The number of aliphatic imine (C=N–C) groups is 1. The van der Waals surface area contributed by atoms with Crippen molar-refractivity contribution in [1.82, 2.24) is 28.3 Å². The van der Waals surface area contributed by atoms with Gasteiger partial charge in [0.2, 0.25) is 54.7 Å². The number of sulfonamides is 2. The van der Waals surface area contributed by atoms with Crippen LogP contribution in [0.2, 0.25) is 5.02 Å². The van der Waals surface area contributed by atoms with Crippen molar-refractivity contribution in [2.24, 2.45) is 51.6 Å². The van der Waals surface area contributed by atoms with Crippen LogP contribution < -0.4 is 31.1 Å². The second-order valence-electron chi connectivity index (χ2n) is 22.2. The molecule has 5 aromatic heterocycles. The molecule has 0 aliphatic carbocycles. The van der Waals surface area contributed by atoms with E-state index in [4.69, 9.17) is 31.8 Å². The molecule has 0 radical (unpaired) electrons. The van der Waals surface area contributed by atoms with E-state index in [0.29, 0.717) is 82.0 Å². The van der Waals surface area contributed by atoms with E-state index in [2.05, 4.69) is 99.6 Å². The number of hydrogen-bond acceptors (Lipinski definition) is 35. The van der Waals surface area contributed by atoms with Crippen LogP contribution >= 0.6 is 69.3 Å². The Hall–Kier alpha value is -12.6. The van der Waals surface area contributed by atoms with E-state index in [1.807, 2.05) is 37.3 Å². The van der Waals surface area contributed by atoms with Gasteiger partial charge in [0.15, 0.2) is 43.8 Å². The van der Waals surface area contributed by atoms with E-state index in [1.54, 1.807) is 73.7 Å². The van der Waals surface area contributed by atoms with E-state index in [0.717, 1.165) is 69.2 Å². The number of ether oxygens (including phenoxy) is 1. The van der Waals surface area contributed by atoms with E-state index >= 15 is 0 Å². The number of primary amides is 1. The number of phenols is 3. The highest BCUT2D eigenvalue weighted by molar-refractivity contribution is 8.01. The van der Waals surface area contributed by atoms with E-state index < -0.39 is 37.8 Å².